The smallest absolute Gasteiger partial charge is 0.226 e. The Morgan fingerprint density at radius 2 is 1.50 bits per heavy atom. The summed E-state index contributed by atoms with van der Waals surface area (Å²) in [4.78, 5) is 5.05. The number of hydrogen-bond donors (Lipinski definition) is 0. The van der Waals surface area contributed by atoms with Gasteiger partial charge in [-0.2, -0.15) is 5.10 Å². The first-order valence-corrected chi connectivity index (χ1v) is 10.6. The topological polar surface area (TPSA) is 67.1 Å². The maximum atomic E-state index is 6.02. The van der Waals surface area contributed by atoms with Gasteiger partial charge in [-0.3, -0.25) is 0 Å². The van der Waals surface area contributed by atoms with Crippen LogP contribution in [0.3, 0.4) is 0 Å². The van der Waals surface area contributed by atoms with Crippen LogP contribution in [0.5, 0.6) is 28.9 Å². The van der Waals surface area contributed by atoms with Gasteiger partial charge in [-0.1, -0.05) is 28.4 Å². The first-order chi connectivity index (χ1) is 15.4. The Morgan fingerprint density at radius 1 is 0.969 bits per heavy atom. The summed E-state index contributed by atoms with van der Waals surface area (Å²) in [5.74, 6) is 3.54. The third-order valence-corrected chi connectivity index (χ3v) is 4.77. The van der Waals surface area contributed by atoms with Gasteiger partial charge >= 0.3 is 0 Å². The summed E-state index contributed by atoms with van der Waals surface area (Å²) in [6.45, 7) is 5.93. The van der Waals surface area contributed by atoms with Crippen LogP contribution in [0.25, 0.3) is 0 Å². The molecule has 0 unspecified atom stereocenters. The molecule has 0 atom stereocenters. The van der Waals surface area contributed by atoms with E-state index >= 15 is 0 Å². The van der Waals surface area contributed by atoms with Gasteiger partial charge in [0.2, 0.25) is 5.88 Å². The number of aryl methyl sites for hydroxylation is 2. The van der Waals surface area contributed by atoms with E-state index < -0.39 is 0 Å². The summed E-state index contributed by atoms with van der Waals surface area (Å²) in [5, 5.41) is 8.31. The van der Waals surface area contributed by atoms with Crippen molar-refractivity contribution in [3.63, 3.8) is 0 Å². The Balaban J connectivity index is 1.67. The van der Waals surface area contributed by atoms with Crippen LogP contribution in [-0.2, 0) is 11.9 Å². The fourth-order valence-corrected chi connectivity index (χ4v) is 2.78. The first-order valence-electron chi connectivity index (χ1n) is 9.82. The minimum Gasteiger partial charge on any atom is -0.460 e. The molecule has 0 saturated heterocycles. The number of oxime groups is 1. The molecule has 9 heteroatoms. The van der Waals surface area contributed by atoms with Gasteiger partial charge in [-0.25, -0.2) is 4.68 Å². The fourth-order valence-electron chi connectivity index (χ4n) is 2.70. The van der Waals surface area contributed by atoms with Crippen molar-refractivity contribution in [1.29, 1.82) is 0 Å². The summed E-state index contributed by atoms with van der Waals surface area (Å²) in [6, 6.07) is 14.4. The molecule has 0 amide bonds. The van der Waals surface area contributed by atoms with Gasteiger partial charge in [0.25, 0.3) is 0 Å². The number of ether oxygens (including phenoxy) is 3. The number of nitrogens with zero attached hydrogens (tertiary/aromatic N) is 3. The zero-order chi connectivity index (χ0) is 23.1. The lowest BCUT2D eigenvalue weighted by molar-refractivity contribution is 0.160. The second-order valence-electron chi connectivity index (χ2n) is 6.65. The molecular weight excluding hydrogens is 453 g/mol. The van der Waals surface area contributed by atoms with Crippen LogP contribution in [-0.4, -0.2) is 22.6 Å². The summed E-state index contributed by atoms with van der Waals surface area (Å²) >= 11 is 11.4. The predicted octanol–water partition coefficient (Wildman–Crippen LogP) is 6.73. The van der Waals surface area contributed by atoms with Gasteiger partial charge in [0.15, 0.2) is 0 Å². The van der Waals surface area contributed by atoms with Gasteiger partial charge in [0.05, 0.1) is 17.5 Å². The van der Waals surface area contributed by atoms with Crippen LogP contribution in [0.4, 0.5) is 0 Å². The van der Waals surface area contributed by atoms with Crippen molar-refractivity contribution in [2.24, 2.45) is 12.2 Å². The second kappa shape index (κ2) is 10.9. The molecule has 0 aliphatic rings. The standard InChI is InChI=1S/C23H23Cl2N3O4/c1-5-29-26-14-21-15(2)27-28(4)23(21)32-20-12-10-19(11-13-20)31-18-8-6-17(7-9-18)30-16(3)22(24)25/h6-14H,5H2,1-4H3/b26-14+. The number of rotatable bonds is 9. The highest BCUT2D eigenvalue weighted by molar-refractivity contribution is 6.56. The van der Waals surface area contributed by atoms with E-state index in [-0.39, 0.29) is 4.49 Å². The van der Waals surface area contributed by atoms with E-state index in [9.17, 15) is 0 Å². The Labute approximate surface area is 196 Å². The van der Waals surface area contributed by atoms with Crippen molar-refractivity contribution in [1.82, 2.24) is 9.78 Å². The molecule has 0 fully saturated rings. The van der Waals surface area contributed by atoms with Gasteiger partial charge in [0.1, 0.15) is 39.9 Å². The molecule has 0 saturated carbocycles. The highest BCUT2D eigenvalue weighted by Gasteiger charge is 2.14. The zero-order valence-corrected chi connectivity index (χ0v) is 19.6. The zero-order valence-electron chi connectivity index (χ0n) is 18.1. The van der Waals surface area contributed by atoms with Crippen molar-refractivity contribution in [2.75, 3.05) is 6.61 Å². The van der Waals surface area contributed by atoms with Crippen molar-refractivity contribution >= 4 is 29.4 Å². The highest BCUT2D eigenvalue weighted by Crippen LogP contribution is 2.30. The van der Waals surface area contributed by atoms with Gasteiger partial charge < -0.3 is 19.0 Å². The average molecular weight is 476 g/mol. The lowest BCUT2D eigenvalue weighted by Gasteiger charge is -2.10. The van der Waals surface area contributed by atoms with E-state index in [4.69, 9.17) is 42.3 Å². The van der Waals surface area contributed by atoms with E-state index in [1.165, 1.54) is 0 Å². The van der Waals surface area contributed by atoms with E-state index in [1.54, 1.807) is 42.1 Å². The van der Waals surface area contributed by atoms with Crippen molar-refractivity contribution in [3.8, 4) is 28.9 Å². The molecule has 3 rings (SSSR count). The van der Waals surface area contributed by atoms with E-state index in [1.807, 2.05) is 45.2 Å². The summed E-state index contributed by atoms with van der Waals surface area (Å²) < 4.78 is 19.2. The summed E-state index contributed by atoms with van der Waals surface area (Å²) in [7, 11) is 1.81. The molecule has 0 N–H and O–H groups in total. The van der Waals surface area contributed by atoms with Crippen LogP contribution in [0, 0.1) is 6.92 Å². The van der Waals surface area contributed by atoms with Gasteiger partial charge in [0, 0.05) is 7.05 Å². The lowest BCUT2D eigenvalue weighted by atomic mass is 10.2. The van der Waals surface area contributed by atoms with Crippen LogP contribution in [0.15, 0.2) is 63.9 Å². The fraction of sp³-hybridized carbons (Fsp3) is 0.217. The predicted molar refractivity (Wildman–Crippen MR) is 125 cm³/mol. The van der Waals surface area contributed by atoms with Gasteiger partial charge in [-0.05, 0) is 69.3 Å². The Bertz CT molecular complexity index is 1100. The molecule has 2 aromatic carbocycles. The minimum absolute atomic E-state index is 0.0858. The Morgan fingerprint density at radius 3 is 2.03 bits per heavy atom. The van der Waals surface area contributed by atoms with Gasteiger partial charge in [-0.15, -0.1) is 0 Å². The maximum absolute atomic E-state index is 6.02. The van der Waals surface area contributed by atoms with Crippen LogP contribution >= 0.6 is 23.2 Å². The highest BCUT2D eigenvalue weighted by atomic mass is 35.5. The van der Waals surface area contributed by atoms with Crippen LogP contribution in [0.1, 0.15) is 25.1 Å². The summed E-state index contributed by atoms with van der Waals surface area (Å²) in [6.07, 6.45) is 1.60. The Kier molecular flexibility index (Phi) is 8.03. The van der Waals surface area contributed by atoms with Crippen LogP contribution < -0.4 is 14.2 Å². The lowest BCUT2D eigenvalue weighted by Crippen LogP contribution is -1.97. The number of hydrogen-bond acceptors (Lipinski definition) is 6. The Hall–Kier alpha value is -3.16. The molecule has 1 heterocycles. The molecule has 0 aliphatic carbocycles. The molecular formula is C23H23Cl2N3O4. The number of aromatic nitrogens is 2. The monoisotopic (exact) mass is 475 g/mol. The molecule has 0 bridgehead atoms. The largest absolute Gasteiger partial charge is 0.460 e. The number of halogens is 2. The maximum Gasteiger partial charge on any atom is 0.226 e. The molecule has 0 radical (unpaired) electrons. The molecule has 0 aliphatic heterocycles. The van der Waals surface area contributed by atoms with E-state index in [0.29, 0.717) is 41.2 Å². The van der Waals surface area contributed by atoms with E-state index in [2.05, 4.69) is 10.3 Å². The molecule has 32 heavy (non-hydrogen) atoms. The normalized spacial score (nSPS) is 10.8. The van der Waals surface area contributed by atoms with Crippen molar-refractivity contribution in [3.05, 3.63) is 70.0 Å². The third kappa shape index (κ3) is 6.18. The number of benzene rings is 2. The first kappa shape index (κ1) is 23.5. The second-order valence-corrected chi connectivity index (χ2v) is 7.60. The molecule has 168 valence electrons. The van der Waals surface area contributed by atoms with E-state index in [0.717, 1.165) is 11.3 Å². The molecule has 3 aromatic rings. The molecule has 0 spiro atoms. The van der Waals surface area contributed by atoms with Crippen LogP contribution in [0.2, 0.25) is 0 Å². The SMILES string of the molecule is CCO/N=C/c1c(C)nn(C)c1Oc1ccc(Oc2ccc(OC(C)=C(Cl)Cl)cc2)cc1. The third-order valence-electron chi connectivity index (χ3n) is 4.23. The number of allylic oxidation sites excluding steroid dienone is 1. The average Bonchev–Trinajstić information content (AvgIpc) is 3.03. The van der Waals surface area contributed by atoms with Crippen molar-refractivity contribution < 1.29 is 19.0 Å². The van der Waals surface area contributed by atoms with Crippen molar-refractivity contribution in [2.45, 2.75) is 20.8 Å². The minimum atomic E-state index is 0.0858. The molecule has 7 nitrogen and oxygen atoms in total. The quantitative estimate of drug-likeness (QED) is 0.195. The molecule has 1 aromatic heterocycles. The summed E-state index contributed by atoms with van der Waals surface area (Å²) in [5.41, 5.74) is 1.54.